The second-order valence-electron chi connectivity index (χ2n) is 6.63. The van der Waals surface area contributed by atoms with E-state index in [0.29, 0.717) is 37.6 Å². The molecule has 1 fully saturated rings. The van der Waals surface area contributed by atoms with Gasteiger partial charge in [-0.05, 0) is 37.5 Å². The van der Waals surface area contributed by atoms with E-state index in [2.05, 4.69) is 15.0 Å². The zero-order valence-electron chi connectivity index (χ0n) is 16.6. The molecule has 0 bridgehead atoms. The number of amides is 1. The highest BCUT2D eigenvalue weighted by atomic mass is 35.5. The summed E-state index contributed by atoms with van der Waals surface area (Å²) in [6.07, 6.45) is 1.95. The Morgan fingerprint density at radius 1 is 1.25 bits per heavy atom. The van der Waals surface area contributed by atoms with E-state index >= 15 is 0 Å². The van der Waals surface area contributed by atoms with Crippen LogP contribution in [0.3, 0.4) is 0 Å². The number of hydrogen-bond donors (Lipinski definition) is 1. The molecule has 1 aliphatic rings. The molecule has 0 saturated carbocycles. The Kier molecular flexibility index (Phi) is 9.07. The van der Waals surface area contributed by atoms with Crippen LogP contribution >= 0.6 is 11.6 Å². The van der Waals surface area contributed by atoms with Crippen molar-refractivity contribution in [2.75, 3.05) is 39.8 Å². The lowest BCUT2D eigenvalue weighted by Crippen LogP contribution is -2.55. The van der Waals surface area contributed by atoms with Crippen molar-refractivity contribution in [2.24, 2.45) is 4.99 Å². The van der Waals surface area contributed by atoms with Crippen molar-refractivity contribution in [3.05, 3.63) is 34.9 Å². The van der Waals surface area contributed by atoms with Gasteiger partial charge in [-0.25, -0.2) is 0 Å². The summed E-state index contributed by atoms with van der Waals surface area (Å²) in [4.78, 5) is 32.2. The minimum Gasteiger partial charge on any atom is -0.469 e. The number of nitrogens with zero attached hydrogens (tertiary/aromatic N) is 3. The highest BCUT2D eigenvalue weighted by molar-refractivity contribution is 6.30. The number of carbonyl (C=O) groups is 2. The van der Waals surface area contributed by atoms with E-state index in [9.17, 15) is 9.59 Å². The Hall–Kier alpha value is -2.28. The van der Waals surface area contributed by atoms with Gasteiger partial charge in [0.15, 0.2) is 5.96 Å². The molecular weight excluding hydrogens is 380 g/mol. The van der Waals surface area contributed by atoms with Crippen molar-refractivity contribution >= 4 is 29.4 Å². The number of esters is 1. The van der Waals surface area contributed by atoms with E-state index in [4.69, 9.17) is 11.6 Å². The largest absolute Gasteiger partial charge is 0.469 e. The topological polar surface area (TPSA) is 74.2 Å². The molecule has 1 saturated heterocycles. The molecule has 1 N–H and O–H groups in total. The van der Waals surface area contributed by atoms with Crippen LogP contribution in [0.1, 0.15) is 31.7 Å². The molecule has 8 heteroatoms. The first-order valence-corrected chi connectivity index (χ1v) is 10.0. The van der Waals surface area contributed by atoms with Crippen LogP contribution in [0.4, 0.5) is 0 Å². The lowest BCUT2D eigenvalue weighted by Gasteiger charge is -2.36. The number of unbranched alkanes of at least 4 members (excludes halogenated alkanes) is 1. The molecular formula is C20H29ClN4O3. The fourth-order valence-corrected chi connectivity index (χ4v) is 3.09. The zero-order valence-corrected chi connectivity index (χ0v) is 17.4. The first kappa shape index (κ1) is 22.0. The molecule has 1 aromatic carbocycles. The van der Waals surface area contributed by atoms with Crippen molar-refractivity contribution in [1.82, 2.24) is 15.1 Å². The summed E-state index contributed by atoms with van der Waals surface area (Å²) in [7, 11) is 1.40. The number of piperazine rings is 1. The van der Waals surface area contributed by atoms with Gasteiger partial charge in [-0.3, -0.25) is 14.6 Å². The SMILES string of the molecule is CCNC(=NCCCCC(=O)OC)N1CCN(Cc2ccc(Cl)cc2)C(=O)C1. The van der Waals surface area contributed by atoms with Crippen LogP contribution in [0.25, 0.3) is 0 Å². The number of rotatable bonds is 8. The summed E-state index contributed by atoms with van der Waals surface area (Å²) in [5.74, 6) is 0.635. The predicted molar refractivity (Wildman–Crippen MR) is 110 cm³/mol. The first-order chi connectivity index (χ1) is 13.5. The van der Waals surface area contributed by atoms with Gasteiger partial charge in [0, 0.05) is 44.2 Å². The molecule has 0 aliphatic carbocycles. The van der Waals surface area contributed by atoms with Crippen LogP contribution in [0.2, 0.25) is 5.02 Å². The van der Waals surface area contributed by atoms with Crippen LogP contribution < -0.4 is 5.32 Å². The van der Waals surface area contributed by atoms with Crippen molar-refractivity contribution in [2.45, 2.75) is 32.7 Å². The average Bonchev–Trinajstić information content (AvgIpc) is 2.69. The van der Waals surface area contributed by atoms with Crippen LogP contribution in [-0.2, 0) is 20.9 Å². The molecule has 0 aromatic heterocycles. The van der Waals surface area contributed by atoms with Crippen LogP contribution in [0.5, 0.6) is 0 Å². The quantitative estimate of drug-likeness (QED) is 0.309. The molecule has 0 spiro atoms. The lowest BCUT2D eigenvalue weighted by atomic mass is 10.2. The zero-order chi connectivity index (χ0) is 20.4. The fourth-order valence-electron chi connectivity index (χ4n) is 2.96. The standard InChI is InChI=1S/C20H29ClN4O3/c1-3-22-20(23-11-5-4-6-19(27)28-2)25-13-12-24(18(26)15-25)14-16-7-9-17(21)10-8-16/h7-10H,3-6,11-15H2,1-2H3,(H,22,23). The molecule has 0 radical (unpaired) electrons. The summed E-state index contributed by atoms with van der Waals surface area (Å²) < 4.78 is 4.64. The van der Waals surface area contributed by atoms with E-state index in [1.165, 1.54) is 7.11 Å². The smallest absolute Gasteiger partial charge is 0.305 e. The molecule has 154 valence electrons. The van der Waals surface area contributed by atoms with Gasteiger partial charge < -0.3 is 19.9 Å². The number of hydrogen-bond acceptors (Lipinski definition) is 4. The fraction of sp³-hybridized carbons (Fsp3) is 0.550. The summed E-state index contributed by atoms with van der Waals surface area (Å²) in [5, 5.41) is 3.95. The molecule has 2 rings (SSSR count). The molecule has 7 nitrogen and oxygen atoms in total. The normalized spacial score (nSPS) is 15.0. The number of ether oxygens (including phenoxy) is 1. The maximum Gasteiger partial charge on any atom is 0.305 e. The number of halogens is 1. The second-order valence-corrected chi connectivity index (χ2v) is 7.07. The number of carbonyl (C=O) groups excluding carboxylic acids is 2. The van der Waals surface area contributed by atoms with Crippen LogP contribution in [0, 0.1) is 0 Å². The van der Waals surface area contributed by atoms with E-state index in [-0.39, 0.29) is 11.9 Å². The molecule has 1 aromatic rings. The third-order valence-electron chi connectivity index (χ3n) is 4.52. The summed E-state index contributed by atoms with van der Waals surface area (Å²) >= 11 is 5.92. The van der Waals surface area contributed by atoms with Crippen molar-refractivity contribution < 1.29 is 14.3 Å². The van der Waals surface area contributed by atoms with Crippen molar-refractivity contribution in [3.63, 3.8) is 0 Å². The van der Waals surface area contributed by atoms with Gasteiger partial charge in [-0.2, -0.15) is 0 Å². The summed E-state index contributed by atoms with van der Waals surface area (Å²) in [6, 6.07) is 7.57. The van der Waals surface area contributed by atoms with Crippen molar-refractivity contribution in [3.8, 4) is 0 Å². The van der Waals surface area contributed by atoms with E-state index in [1.807, 2.05) is 41.0 Å². The molecule has 1 amide bonds. The van der Waals surface area contributed by atoms with Gasteiger partial charge in [0.25, 0.3) is 0 Å². The number of benzene rings is 1. The van der Waals surface area contributed by atoms with Gasteiger partial charge in [0.2, 0.25) is 5.91 Å². The van der Waals surface area contributed by atoms with Gasteiger partial charge in [-0.1, -0.05) is 23.7 Å². The lowest BCUT2D eigenvalue weighted by molar-refractivity contribution is -0.140. The minimum atomic E-state index is -0.196. The van der Waals surface area contributed by atoms with Gasteiger partial charge in [-0.15, -0.1) is 0 Å². The van der Waals surface area contributed by atoms with Gasteiger partial charge >= 0.3 is 5.97 Å². The third kappa shape index (κ3) is 7.03. The van der Waals surface area contributed by atoms with E-state index < -0.39 is 0 Å². The Morgan fingerprint density at radius 2 is 2.00 bits per heavy atom. The highest BCUT2D eigenvalue weighted by Gasteiger charge is 2.25. The molecule has 0 atom stereocenters. The Bertz CT molecular complexity index is 679. The first-order valence-electron chi connectivity index (χ1n) is 9.65. The van der Waals surface area contributed by atoms with Gasteiger partial charge in [0.05, 0.1) is 13.7 Å². The number of aliphatic imine (C=N–C) groups is 1. The average molecular weight is 409 g/mol. The maximum absolute atomic E-state index is 12.6. The summed E-state index contributed by atoms with van der Waals surface area (Å²) in [5.41, 5.74) is 1.07. The second kappa shape index (κ2) is 11.5. The Balaban J connectivity index is 1.85. The summed E-state index contributed by atoms with van der Waals surface area (Å²) in [6.45, 7) is 5.62. The van der Waals surface area contributed by atoms with E-state index in [0.717, 1.165) is 37.5 Å². The third-order valence-corrected chi connectivity index (χ3v) is 4.77. The minimum absolute atomic E-state index is 0.0810. The maximum atomic E-state index is 12.6. The van der Waals surface area contributed by atoms with Crippen LogP contribution in [0.15, 0.2) is 29.3 Å². The number of nitrogens with one attached hydrogen (secondary N) is 1. The molecule has 1 heterocycles. The number of guanidine groups is 1. The Labute approximate surface area is 171 Å². The monoisotopic (exact) mass is 408 g/mol. The highest BCUT2D eigenvalue weighted by Crippen LogP contribution is 2.13. The van der Waals surface area contributed by atoms with Gasteiger partial charge in [0.1, 0.15) is 0 Å². The molecule has 1 aliphatic heterocycles. The van der Waals surface area contributed by atoms with Crippen molar-refractivity contribution in [1.29, 1.82) is 0 Å². The number of methoxy groups -OCH3 is 1. The van der Waals surface area contributed by atoms with E-state index in [1.54, 1.807) is 0 Å². The molecule has 28 heavy (non-hydrogen) atoms. The Morgan fingerprint density at radius 3 is 2.64 bits per heavy atom. The van der Waals surface area contributed by atoms with Crippen LogP contribution in [-0.4, -0.2) is 67.5 Å². The predicted octanol–water partition coefficient (Wildman–Crippen LogP) is 2.29. The molecule has 0 unspecified atom stereocenters.